The summed E-state index contributed by atoms with van der Waals surface area (Å²) in [6.45, 7) is 0.889. The highest BCUT2D eigenvalue weighted by molar-refractivity contribution is 5.73. The van der Waals surface area contributed by atoms with Crippen molar-refractivity contribution >= 4 is 6.21 Å². The predicted octanol–water partition coefficient (Wildman–Crippen LogP) is 1.90. The van der Waals surface area contributed by atoms with E-state index in [1.165, 1.54) is 0 Å². The second-order valence-corrected chi connectivity index (χ2v) is 0.942. The molecule has 1 heterocycles. The van der Waals surface area contributed by atoms with Crippen molar-refractivity contribution in [2.24, 2.45) is 4.99 Å². The number of hydrogen-bond acceptors (Lipinski definition) is 1. The van der Waals surface area contributed by atoms with Crippen LogP contribution >= 0.6 is 0 Å². The van der Waals surface area contributed by atoms with Crippen LogP contribution in [0.4, 0.5) is 0 Å². The monoisotopic (exact) mass is 99.1 g/mol. The van der Waals surface area contributed by atoms with Crippen molar-refractivity contribution in [1.29, 1.82) is 0 Å². The number of rotatable bonds is 0. The molecule has 0 aliphatic carbocycles. The molecule has 0 aromatic carbocycles. The maximum absolute atomic E-state index is 3.85. The molecule has 1 nitrogen and oxygen atoms in total. The van der Waals surface area contributed by atoms with E-state index in [0.29, 0.717) is 0 Å². The summed E-state index contributed by atoms with van der Waals surface area (Å²) in [6, 6.07) is 0. The molecule has 0 bridgehead atoms. The van der Waals surface area contributed by atoms with Crippen molar-refractivity contribution in [3.63, 3.8) is 0 Å². The van der Waals surface area contributed by atoms with E-state index >= 15 is 0 Å². The fourth-order valence-corrected chi connectivity index (χ4v) is 0.304. The first-order valence-electron chi connectivity index (χ1n) is 1.65. The molecule has 0 amide bonds. The Labute approximate surface area is 45.8 Å². The van der Waals surface area contributed by atoms with Crippen LogP contribution in [0.1, 0.15) is 14.9 Å². The number of aliphatic imine (C=N–C) groups is 1. The first-order valence-corrected chi connectivity index (χ1v) is 1.65. The smallest absolute Gasteiger partial charge is 0.0573 e. The highest BCUT2D eigenvalue weighted by Gasteiger charge is 1.72. The van der Waals surface area contributed by atoms with Crippen molar-refractivity contribution in [2.75, 3.05) is 6.54 Å². The van der Waals surface area contributed by atoms with Gasteiger partial charge in [0.2, 0.25) is 0 Å². The van der Waals surface area contributed by atoms with E-state index < -0.39 is 0 Å². The van der Waals surface area contributed by atoms with Gasteiger partial charge in [-0.05, 0) is 6.08 Å². The van der Waals surface area contributed by atoms with Gasteiger partial charge in [-0.3, -0.25) is 4.99 Å². The van der Waals surface area contributed by atoms with Gasteiger partial charge in [0, 0.05) is 6.21 Å². The molecule has 42 valence electrons. The Bertz CT molecular complexity index is 62.2. The van der Waals surface area contributed by atoms with Crippen LogP contribution in [-0.4, -0.2) is 12.8 Å². The number of nitrogens with zero attached hydrogens (tertiary/aromatic N) is 1. The summed E-state index contributed by atoms with van der Waals surface area (Å²) in [5, 5.41) is 0. The Morgan fingerprint density at radius 3 is 2.14 bits per heavy atom. The zero-order chi connectivity index (χ0) is 3.54. The van der Waals surface area contributed by atoms with Crippen LogP contribution in [0.5, 0.6) is 0 Å². The average Bonchev–Trinajstić information content (AvgIpc) is 1.76. The fraction of sp³-hybridized carbons (Fsp3) is 0.500. The highest BCUT2D eigenvalue weighted by Crippen LogP contribution is 1.78. The Morgan fingerprint density at radius 1 is 1.29 bits per heavy atom. The first kappa shape index (κ1) is 9.65. The van der Waals surface area contributed by atoms with E-state index in [0.717, 1.165) is 6.54 Å². The van der Waals surface area contributed by atoms with E-state index in [-0.39, 0.29) is 14.9 Å². The Balaban J connectivity index is 0. The second-order valence-electron chi connectivity index (χ2n) is 0.942. The van der Waals surface area contributed by atoms with Crippen LogP contribution in [-0.2, 0) is 0 Å². The summed E-state index contributed by atoms with van der Waals surface area (Å²) in [5.41, 5.74) is 0. The molecule has 0 fully saturated rings. The Hall–Kier alpha value is -0.590. The van der Waals surface area contributed by atoms with E-state index in [4.69, 9.17) is 0 Å². The third kappa shape index (κ3) is 3.23. The van der Waals surface area contributed by atoms with E-state index in [9.17, 15) is 0 Å². The molecule has 1 heteroatoms. The fourth-order valence-electron chi connectivity index (χ4n) is 0.304. The maximum atomic E-state index is 3.85. The maximum Gasteiger partial charge on any atom is 0.0573 e. The van der Waals surface area contributed by atoms with Gasteiger partial charge in [-0.15, -0.1) is 0 Å². The molecular weight excluding hydrogens is 86.1 g/mol. The largest absolute Gasteiger partial charge is 0.289 e. The molecule has 0 aromatic rings. The summed E-state index contributed by atoms with van der Waals surface area (Å²) in [5.74, 6) is 0. The van der Waals surface area contributed by atoms with E-state index in [1.807, 2.05) is 12.2 Å². The van der Waals surface area contributed by atoms with Crippen LogP contribution in [0.3, 0.4) is 0 Å². The third-order valence-corrected chi connectivity index (χ3v) is 0.538. The van der Waals surface area contributed by atoms with Crippen LogP contribution in [0.15, 0.2) is 17.1 Å². The summed E-state index contributed by atoms with van der Waals surface area (Å²) >= 11 is 0. The molecule has 0 spiro atoms. The molecular formula is C6H13N. The van der Waals surface area contributed by atoms with Gasteiger partial charge in [0.05, 0.1) is 6.54 Å². The zero-order valence-electron chi connectivity index (χ0n) is 2.89. The van der Waals surface area contributed by atoms with Crippen LogP contribution in [0.25, 0.3) is 0 Å². The third-order valence-electron chi connectivity index (χ3n) is 0.538. The summed E-state index contributed by atoms with van der Waals surface area (Å²) in [4.78, 5) is 3.85. The average molecular weight is 99.2 g/mol. The number of allylic oxidation sites excluding steroid dienone is 1. The van der Waals surface area contributed by atoms with Gasteiger partial charge in [0.15, 0.2) is 0 Å². The first-order chi connectivity index (χ1) is 2.50. The van der Waals surface area contributed by atoms with E-state index in [1.54, 1.807) is 6.21 Å². The van der Waals surface area contributed by atoms with Gasteiger partial charge in [0.1, 0.15) is 0 Å². The Kier molecular flexibility index (Phi) is 7.46. The predicted molar refractivity (Wildman–Crippen MR) is 36.0 cm³/mol. The summed E-state index contributed by atoms with van der Waals surface area (Å²) < 4.78 is 0. The van der Waals surface area contributed by atoms with Gasteiger partial charge in [-0.2, -0.15) is 0 Å². The SMILES string of the molecule is C.C.C1=CCN=C1. The normalized spacial score (nSPS) is 12.6. The van der Waals surface area contributed by atoms with Gasteiger partial charge in [0.25, 0.3) is 0 Å². The van der Waals surface area contributed by atoms with Crippen molar-refractivity contribution in [2.45, 2.75) is 14.9 Å². The van der Waals surface area contributed by atoms with Crippen LogP contribution in [0.2, 0.25) is 0 Å². The van der Waals surface area contributed by atoms with Crippen molar-refractivity contribution in [3.05, 3.63) is 12.2 Å². The van der Waals surface area contributed by atoms with Gasteiger partial charge in [-0.25, -0.2) is 0 Å². The van der Waals surface area contributed by atoms with Crippen molar-refractivity contribution in [3.8, 4) is 0 Å². The molecule has 1 aliphatic heterocycles. The lowest BCUT2D eigenvalue weighted by Gasteiger charge is -1.60. The lowest BCUT2D eigenvalue weighted by Crippen LogP contribution is -1.54. The van der Waals surface area contributed by atoms with Gasteiger partial charge >= 0.3 is 0 Å². The van der Waals surface area contributed by atoms with Crippen LogP contribution < -0.4 is 0 Å². The summed E-state index contributed by atoms with van der Waals surface area (Å²) in [6.07, 6.45) is 5.76. The van der Waals surface area contributed by atoms with Crippen molar-refractivity contribution < 1.29 is 0 Å². The molecule has 0 saturated heterocycles. The summed E-state index contributed by atoms with van der Waals surface area (Å²) in [7, 11) is 0. The number of hydrogen-bond donors (Lipinski definition) is 0. The lowest BCUT2D eigenvalue weighted by molar-refractivity contribution is 1.29. The lowest BCUT2D eigenvalue weighted by atomic mass is 10.6. The molecule has 0 N–H and O–H groups in total. The molecule has 0 unspecified atom stereocenters. The van der Waals surface area contributed by atoms with Gasteiger partial charge in [-0.1, -0.05) is 20.9 Å². The molecule has 0 atom stereocenters. The molecule has 0 saturated carbocycles. The van der Waals surface area contributed by atoms with Gasteiger partial charge < -0.3 is 0 Å². The minimum atomic E-state index is 0. The molecule has 7 heavy (non-hydrogen) atoms. The molecule has 0 radical (unpaired) electrons. The topological polar surface area (TPSA) is 12.4 Å². The Morgan fingerprint density at radius 2 is 2.00 bits per heavy atom. The molecule has 1 aliphatic rings. The quantitative estimate of drug-likeness (QED) is 0.440. The zero-order valence-corrected chi connectivity index (χ0v) is 2.89. The molecule has 1 rings (SSSR count). The minimum Gasteiger partial charge on any atom is -0.289 e. The highest BCUT2D eigenvalue weighted by atomic mass is 14.7. The standard InChI is InChI=1S/C4H5N.2CH4/c1-2-4-5-3-1;;/h1-3H,4H2;2*1H4. The minimum absolute atomic E-state index is 0. The van der Waals surface area contributed by atoms with Crippen molar-refractivity contribution in [1.82, 2.24) is 0 Å². The van der Waals surface area contributed by atoms with Crippen LogP contribution in [0, 0.1) is 0 Å². The second kappa shape index (κ2) is 5.41. The van der Waals surface area contributed by atoms with E-state index in [2.05, 4.69) is 4.99 Å². The molecule has 0 aromatic heterocycles.